The highest BCUT2D eigenvalue weighted by Gasteiger charge is 2.14. The monoisotopic (exact) mass is 284 g/mol. The number of nitrogens with one attached hydrogen (secondary N) is 1. The van der Waals surface area contributed by atoms with Gasteiger partial charge in [0.25, 0.3) is 5.91 Å². The minimum Gasteiger partial charge on any atom is -0.355 e. The van der Waals surface area contributed by atoms with Gasteiger partial charge in [0.2, 0.25) is 5.95 Å². The zero-order valence-electron chi connectivity index (χ0n) is 12.8. The number of hydrogen-bond donors (Lipinski definition) is 1. The van der Waals surface area contributed by atoms with Crippen LogP contribution in [0.2, 0.25) is 0 Å². The van der Waals surface area contributed by atoms with E-state index in [9.17, 15) is 4.79 Å². The molecule has 0 aliphatic carbocycles. The molecule has 1 N–H and O–H groups in total. The molecule has 0 unspecified atom stereocenters. The van der Waals surface area contributed by atoms with E-state index in [1.165, 1.54) is 18.0 Å². The lowest BCUT2D eigenvalue weighted by atomic mass is 10.0. The van der Waals surface area contributed by atoms with E-state index in [1.807, 2.05) is 30.1 Å². The van der Waals surface area contributed by atoms with Gasteiger partial charge in [-0.05, 0) is 17.5 Å². The molecule has 1 heterocycles. The quantitative estimate of drug-likeness (QED) is 0.938. The third-order valence-corrected chi connectivity index (χ3v) is 3.35. The maximum Gasteiger partial charge on any atom is 0.254 e. The van der Waals surface area contributed by atoms with Gasteiger partial charge in [-0.1, -0.05) is 32.0 Å². The first kappa shape index (κ1) is 15.0. The van der Waals surface area contributed by atoms with E-state index in [1.54, 1.807) is 7.05 Å². The van der Waals surface area contributed by atoms with Crippen molar-refractivity contribution in [2.24, 2.45) is 0 Å². The third-order valence-electron chi connectivity index (χ3n) is 3.35. The maximum absolute atomic E-state index is 11.5. The summed E-state index contributed by atoms with van der Waals surface area (Å²) in [6.45, 7) is 4.31. The molecule has 0 aliphatic heterocycles. The van der Waals surface area contributed by atoms with Gasteiger partial charge in [-0.2, -0.15) is 0 Å². The van der Waals surface area contributed by atoms with Gasteiger partial charge in [0.05, 0.1) is 5.56 Å². The van der Waals surface area contributed by atoms with Crippen LogP contribution in [0.25, 0.3) is 0 Å². The Balaban J connectivity index is 2.32. The molecule has 0 bridgehead atoms. The second kappa shape index (κ2) is 6.35. The third kappa shape index (κ3) is 3.18. The standard InChI is InChI=1S/C16H20N4O/c1-11(2)13-7-5-6-8-14(13)20(4)16-18-9-12(10-19-16)15(21)17-3/h5-11H,1-4H3,(H,17,21). The SMILES string of the molecule is CNC(=O)c1cnc(N(C)c2ccccc2C(C)C)nc1. The van der Waals surface area contributed by atoms with Crippen LogP contribution in [-0.4, -0.2) is 30.0 Å². The van der Waals surface area contributed by atoms with Gasteiger partial charge in [0.15, 0.2) is 0 Å². The predicted molar refractivity (Wildman–Crippen MR) is 84.0 cm³/mol. The Kier molecular flexibility index (Phi) is 4.52. The van der Waals surface area contributed by atoms with Crippen LogP contribution < -0.4 is 10.2 Å². The molecule has 0 radical (unpaired) electrons. The minimum atomic E-state index is -0.188. The molecule has 0 fully saturated rings. The van der Waals surface area contributed by atoms with E-state index in [4.69, 9.17) is 0 Å². The van der Waals surface area contributed by atoms with E-state index >= 15 is 0 Å². The van der Waals surface area contributed by atoms with Crippen molar-refractivity contribution in [3.8, 4) is 0 Å². The Hall–Kier alpha value is -2.43. The van der Waals surface area contributed by atoms with Crippen molar-refractivity contribution in [1.29, 1.82) is 0 Å². The zero-order chi connectivity index (χ0) is 15.4. The summed E-state index contributed by atoms with van der Waals surface area (Å²) in [7, 11) is 3.51. The second-order valence-corrected chi connectivity index (χ2v) is 5.12. The number of amides is 1. The molecule has 0 aliphatic rings. The molecule has 1 amide bonds. The van der Waals surface area contributed by atoms with E-state index in [0.717, 1.165) is 5.69 Å². The van der Waals surface area contributed by atoms with E-state index in [2.05, 4.69) is 35.2 Å². The lowest BCUT2D eigenvalue weighted by molar-refractivity contribution is 0.0962. The number of para-hydroxylation sites is 1. The molecule has 5 nitrogen and oxygen atoms in total. The summed E-state index contributed by atoms with van der Waals surface area (Å²) >= 11 is 0. The number of carbonyl (C=O) groups is 1. The molecule has 1 aromatic carbocycles. The van der Waals surface area contributed by atoms with Gasteiger partial charge >= 0.3 is 0 Å². The summed E-state index contributed by atoms with van der Waals surface area (Å²) in [6.07, 6.45) is 3.07. The molecule has 0 spiro atoms. The van der Waals surface area contributed by atoms with Crippen LogP contribution in [0.15, 0.2) is 36.7 Å². The first-order valence-electron chi connectivity index (χ1n) is 6.91. The molecule has 0 saturated carbocycles. The smallest absolute Gasteiger partial charge is 0.254 e. The number of nitrogens with zero attached hydrogens (tertiary/aromatic N) is 3. The van der Waals surface area contributed by atoms with Crippen LogP contribution >= 0.6 is 0 Å². The van der Waals surface area contributed by atoms with E-state index in [0.29, 0.717) is 17.4 Å². The number of carbonyl (C=O) groups excluding carboxylic acids is 1. The Bertz CT molecular complexity index is 622. The summed E-state index contributed by atoms with van der Waals surface area (Å²) in [5.41, 5.74) is 2.76. The number of hydrogen-bond acceptors (Lipinski definition) is 4. The highest BCUT2D eigenvalue weighted by Crippen LogP contribution is 2.29. The fourth-order valence-electron chi connectivity index (χ4n) is 2.14. The molecule has 2 aromatic rings. The average molecular weight is 284 g/mol. The molecule has 0 saturated heterocycles. The first-order chi connectivity index (χ1) is 10.0. The molecule has 2 rings (SSSR count). The number of aromatic nitrogens is 2. The van der Waals surface area contributed by atoms with E-state index < -0.39 is 0 Å². The lowest BCUT2D eigenvalue weighted by Crippen LogP contribution is -2.20. The summed E-state index contributed by atoms with van der Waals surface area (Å²) < 4.78 is 0. The number of rotatable bonds is 4. The van der Waals surface area contributed by atoms with Crippen LogP contribution in [0.4, 0.5) is 11.6 Å². The molecule has 1 aromatic heterocycles. The minimum absolute atomic E-state index is 0.188. The van der Waals surface area contributed by atoms with Crippen molar-refractivity contribution < 1.29 is 4.79 Å². The van der Waals surface area contributed by atoms with Crippen molar-refractivity contribution in [3.63, 3.8) is 0 Å². The molecule has 110 valence electrons. The van der Waals surface area contributed by atoms with Crippen molar-refractivity contribution >= 4 is 17.5 Å². The molecule has 5 heteroatoms. The summed E-state index contributed by atoms with van der Waals surface area (Å²) in [5.74, 6) is 0.788. The zero-order valence-corrected chi connectivity index (χ0v) is 12.8. The molecular weight excluding hydrogens is 264 g/mol. The average Bonchev–Trinajstić information content (AvgIpc) is 2.53. The highest BCUT2D eigenvalue weighted by atomic mass is 16.1. The first-order valence-corrected chi connectivity index (χ1v) is 6.91. The lowest BCUT2D eigenvalue weighted by Gasteiger charge is -2.22. The Morgan fingerprint density at radius 2 is 1.81 bits per heavy atom. The van der Waals surface area contributed by atoms with Gasteiger partial charge in [-0.3, -0.25) is 4.79 Å². The second-order valence-electron chi connectivity index (χ2n) is 5.12. The number of benzene rings is 1. The molecular formula is C16H20N4O. The fourth-order valence-corrected chi connectivity index (χ4v) is 2.14. The van der Waals surface area contributed by atoms with Crippen LogP contribution in [0.1, 0.15) is 35.7 Å². The van der Waals surface area contributed by atoms with Crippen molar-refractivity contribution in [1.82, 2.24) is 15.3 Å². The van der Waals surface area contributed by atoms with Gasteiger partial charge in [0, 0.05) is 32.2 Å². The number of anilines is 2. The van der Waals surface area contributed by atoms with Gasteiger partial charge in [-0.15, -0.1) is 0 Å². The summed E-state index contributed by atoms with van der Waals surface area (Å²) in [5, 5.41) is 2.55. The normalized spacial score (nSPS) is 10.5. The maximum atomic E-state index is 11.5. The van der Waals surface area contributed by atoms with Gasteiger partial charge in [-0.25, -0.2) is 9.97 Å². The predicted octanol–water partition coefficient (Wildman–Crippen LogP) is 2.73. The van der Waals surface area contributed by atoms with Crippen LogP contribution in [0, 0.1) is 0 Å². The van der Waals surface area contributed by atoms with Crippen molar-refractivity contribution in [3.05, 3.63) is 47.8 Å². The van der Waals surface area contributed by atoms with Gasteiger partial charge < -0.3 is 10.2 Å². The summed E-state index contributed by atoms with van der Waals surface area (Å²) in [4.78, 5) is 22.0. The molecule has 0 atom stereocenters. The Morgan fingerprint density at radius 3 is 2.38 bits per heavy atom. The largest absolute Gasteiger partial charge is 0.355 e. The fraction of sp³-hybridized carbons (Fsp3) is 0.312. The van der Waals surface area contributed by atoms with Crippen LogP contribution in [0.5, 0.6) is 0 Å². The van der Waals surface area contributed by atoms with Crippen molar-refractivity contribution in [2.45, 2.75) is 19.8 Å². The van der Waals surface area contributed by atoms with E-state index in [-0.39, 0.29) is 5.91 Å². The van der Waals surface area contributed by atoms with Gasteiger partial charge in [0.1, 0.15) is 0 Å². The van der Waals surface area contributed by atoms with Crippen molar-refractivity contribution in [2.75, 3.05) is 19.0 Å². The Labute approximate surface area is 125 Å². The topological polar surface area (TPSA) is 58.1 Å². The van der Waals surface area contributed by atoms with Crippen LogP contribution in [-0.2, 0) is 0 Å². The summed E-state index contributed by atoms with van der Waals surface area (Å²) in [6, 6.07) is 8.18. The van der Waals surface area contributed by atoms with Crippen LogP contribution in [0.3, 0.4) is 0 Å². The Morgan fingerprint density at radius 1 is 1.19 bits per heavy atom. The highest BCUT2D eigenvalue weighted by molar-refractivity contribution is 5.93. The molecule has 21 heavy (non-hydrogen) atoms.